The number of furan rings is 1. The SMILES string of the molecule is C=C(C)CNC(=NCc1cccc(F)c1)NCCc1ccco1.I. The van der Waals surface area contributed by atoms with Crippen molar-refractivity contribution in [2.75, 3.05) is 13.1 Å². The summed E-state index contributed by atoms with van der Waals surface area (Å²) in [5, 5.41) is 6.44. The van der Waals surface area contributed by atoms with Gasteiger partial charge in [0.05, 0.1) is 12.8 Å². The Morgan fingerprint density at radius 3 is 2.75 bits per heavy atom. The van der Waals surface area contributed by atoms with Crippen LogP contribution in [0.3, 0.4) is 0 Å². The fraction of sp³-hybridized carbons (Fsp3) is 0.278. The lowest BCUT2D eigenvalue weighted by atomic mass is 10.2. The Morgan fingerprint density at radius 2 is 2.08 bits per heavy atom. The van der Waals surface area contributed by atoms with Crippen LogP contribution in [0.2, 0.25) is 0 Å². The van der Waals surface area contributed by atoms with Gasteiger partial charge in [0, 0.05) is 19.5 Å². The first-order valence-electron chi connectivity index (χ1n) is 7.57. The number of aliphatic imine (C=N–C) groups is 1. The summed E-state index contributed by atoms with van der Waals surface area (Å²) >= 11 is 0. The van der Waals surface area contributed by atoms with Gasteiger partial charge in [0.2, 0.25) is 0 Å². The highest BCUT2D eigenvalue weighted by atomic mass is 127. The maximum Gasteiger partial charge on any atom is 0.191 e. The first-order valence-corrected chi connectivity index (χ1v) is 7.57. The van der Waals surface area contributed by atoms with Gasteiger partial charge in [-0.15, -0.1) is 24.0 Å². The van der Waals surface area contributed by atoms with Crippen LogP contribution in [-0.2, 0) is 13.0 Å². The van der Waals surface area contributed by atoms with Crippen LogP contribution in [0.4, 0.5) is 4.39 Å². The number of guanidine groups is 1. The molecule has 0 saturated heterocycles. The zero-order valence-electron chi connectivity index (χ0n) is 13.7. The highest BCUT2D eigenvalue weighted by molar-refractivity contribution is 14.0. The lowest BCUT2D eigenvalue weighted by Crippen LogP contribution is -2.39. The highest BCUT2D eigenvalue weighted by Gasteiger charge is 2.01. The van der Waals surface area contributed by atoms with Gasteiger partial charge in [0.1, 0.15) is 11.6 Å². The summed E-state index contributed by atoms with van der Waals surface area (Å²) < 4.78 is 18.5. The molecule has 0 aliphatic rings. The molecule has 0 spiro atoms. The van der Waals surface area contributed by atoms with E-state index in [-0.39, 0.29) is 29.8 Å². The summed E-state index contributed by atoms with van der Waals surface area (Å²) in [5.74, 6) is 1.34. The van der Waals surface area contributed by atoms with Crippen molar-refractivity contribution in [3.8, 4) is 0 Å². The van der Waals surface area contributed by atoms with E-state index < -0.39 is 0 Å². The molecule has 4 nitrogen and oxygen atoms in total. The van der Waals surface area contributed by atoms with Crippen LogP contribution in [0.25, 0.3) is 0 Å². The predicted octanol–water partition coefficient (Wildman–Crippen LogP) is 3.89. The van der Waals surface area contributed by atoms with Gasteiger partial charge in [-0.1, -0.05) is 24.3 Å². The van der Waals surface area contributed by atoms with E-state index in [1.807, 2.05) is 25.1 Å². The van der Waals surface area contributed by atoms with Crippen molar-refractivity contribution in [2.24, 2.45) is 4.99 Å². The maximum absolute atomic E-state index is 13.2. The summed E-state index contributed by atoms with van der Waals surface area (Å²) in [7, 11) is 0. The molecule has 0 atom stereocenters. The second kappa shape index (κ2) is 10.9. The van der Waals surface area contributed by atoms with Crippen molar-refractivity contribution in [1.82, 2.24) is 10.6 Å². The van der Waals surface area contributed by atoms with Crippen molar-refractivity contribution in [3.05, 3.63) is 72.0 Å². The van der Waals surface area contributed by atoms with Gasteiger partial charge in [-0.3, -0.25) is 0 Å². The topological polar surface area (TPSA) is 49.6 Å². The van der Waals surface area contributed by atoms with Crippen molar-refractivity contribution >= 4 is 29.9 Å². The molecule has 1 heterocycles. The molecule has 130 valence electrons. The lowest BCUT2D eigenvalue weighted by Gasteiger charge is -2.12. The Hall–Kier alpha value is -1.83. The second-order valence-corrected chi connectivity index (χ2v) is 5.36. The van der Waals surface area contributed by atoms with Gasteiger partial charge in [0.15, 0.2) is 5.96 Å². The van der Waals surface area contributed by atoms with E-state index in [1.54, 1.807) is 12.3 Å². The third-order valence-corrected chi connectivity index (χ3v) is 3.11. The summed E-state index contributed by atoms with van der Waals surface area (Å²) in [6.07, 6.45) is 2.42. The smallest absolute Gasteiger partial charge is 0.191 e. The number of benzene rings is 1. The number of nitrogens with one attached hydrogen (secondary N) is 2. The lowest BCUT2D eigenvalue weighted by molar-refractivity contribution is 0.507. The molecular formula is C18H23FIN3O. The highest BCUT2D eigenvalue weighted by Crippen LogP contribution is 2.05. The van der Waals surface area contributed by atoms with Gasteiger partial charge >= 0.3 is 0 Å². The molecule has 0 amide bonds. The minimum atomic E-state index is -0.250. The molecular weight excluding hydrogens is 420 g/mol. The quantitative estimate of drug-likeness (QED) is 0.296. The number of halogens is 2. The molecule has 1 aromatic heterocycles. The zero-order chi connectivity index (χ0) is 16.5. The van der Waals surface area contributed by atoms with Gasteiger partial charge in [-0.05, 0) is 36.8 Å². The number of nitrogens with zero attached hydrogens (tertiary/aromatic N) is 1. The number of hydrogen-bond donors (Lipinski definition) is 2. The summed E-state index contributed by atoms with van der Waals surface area (Å²) in [5.41, 5.74) is 1.84. The summed E-state index contributed by atoms with van der Waals surface area (Å²) in [6.45, 7) is 7.55. The minimum Gasteiger partial charge on any atom is -0.469 e. The Balaban J connectivity index is 0.00000288. The molecule has 2 aromatic rings. The summed E-state index contributed by atoms with van der Waals surface area (Å²) in [6, 6.07) is 10.3. The molecule has 6 heteroatoms. The fourth-order valence-corrected chi connectivity index (χ4v) is 1.97. The van der Waals surface area contributed by atoms with E-state index in [9.17, 15) is 4.39 Å². The largest absolute Gasteiger partial charge is 0.469 e. The van der Waals surface area contributed by atoms with E-state index in [1.165, 1.54) is 12.1 Å². The van der Waals surface area contributed by atoms with Crippen molar-refractivity contribution in [1.29, 1.82) is 0 Å². The van der Waals surface area contributed by atoms with Crippen LogP contribution >= 0.6 is 24.0 Å². The van der Waals surface area contributed by atoms with E-state index in [0.717, 1.165) is 23.3 Å². The number of rotatable bonds is 7. The molecule has 2 rings (SSSR count). The molecule has 0 aliphatic carbocycles. The Kier molecular flexibility index (Phi) is 9.14. The van der Waals surface area contributed by atoms with Crippen LogP contribution in [-0.4, -0.2) is 19.0 Å². The van der Waals surface area contributed by atoms with Crippen LogP contribution in [0, 0.1) is 5.82 Å². The molecule has 0 aliphatic heterocycles. The molecule has 0 radical (unpaired) electrons. The third kappa shape index (κ3) is 7.63. The predicted molar refractivity (Wildman–Crippen MR) is 106 cm³/mol. The third-order valence-electron chi connectivity index (χ3n) is 3.11. The van der Waals surface area contributed by atoms with Crippen LogP contribution < -0.4 is 10.6 Å². The second-order valence-electron chi connectivity index (χ2n) is 5.36. The molecule has 2 N–H and O–H groups in total. The van der Waals surface area contributed by atoms with Crippen LogP contribution in [0.5, 0.6) is 0 Å². The molecule has 1 aromatic carbocycles. The Bertz CT molecular complexity index is 656. The standard InChI is InChI=1S/C18H22FN3O.HI/c1-14(2)12-21-18(20-9-8-17-7-4-10-23-17)22-13-15-5-3-6-16(19)11-15;/h3-7,10-11H,1,8-9,12-13H2,2H3,(H2,20,21,22);1H. The zero-order valence-corrected chi connectivity index (χ0v) is 16.0. The van der Waals surface area contributed by atoms with Crippen molar-refractivity contribution in [2.45, 2.75) is 19.9 Å². The Morgan fingerprint density at radius 1 is 1.25 bits per heavy atom. The maximum atomic E-state index is 13.2. The molecule has 0 saturated carbocycles. The van der Waals surface area contributed by atoms with Crippen LogP contribution in [0.1, 0.15) is 18.2 Å². The van der Waals surface area contributed by atoms with E-state index >= 15 is 0 Å². The minimum absolute atomic E-state index is 0. The number of hydrogen-bond acceptors (Lipinski definition) is 2. The molecule has 24 heavy (non-hydrogen) atoms. The van der Waals surface area contributed by atoms with E-state index in [4.69, 9.17) is 4.42 Å². The monoisotopic (exact) mass is 443 g/mol. The fourth-order valence-electron chi connectivity index (χ4n) is 1.97. The van der Waals surface area contributed by atoms with Crippen molar-refractivity contribution < 1.29 is 8.81 Å². The average Bonchev–Trinajstić information content (AvgIpc) is 3.02. The van der Waals surface area contributed by atoms with E-state index in [0.29, 0.717) is 25.6 Å². The summed E-state index contributed by atoms with van der Waals surface area (Å²) in [4.78, 5) is 4.48. The van der Waals surface area contributed by atoms with Crippen molar-refractivity contribution in [3.63, 3.8) is 0 Å². The van der Waals surface area contributed by atoms with Gasteiger partial charge < -0.3 is 15.1 Å². The normalized spacial score (nSPS) is 10.8. The van der Waals surface area contributed by atoms with Gasteiger partial charge in [0.25, 0.3) is 0 Å². The van der Waals surface area contributed by atoms with E-state index in [2.05, 4.69) is 22.2 Å². The first kappa shape index (κ1) is 20.2. The van der Waals surface area contributed by atoms with Gasteiger partial charge in [-0.2, -0.15) is 0 Å². The average molecular weight is 443 g/mol. The first-order chi connectivity index (χ1) is 11.1. The Labute approximate surface area is 159 Å². The van der Waals surface area contributed by atoms with Crippen LogP contribution in [0.15, 0.2) is 64.2 Å². The molecule has 0 unspecified atom stereocenters. The molecule has 0 bridgehead atoms. The van der Waals surface area contributed by atoms with Gasteiger partial charge in [-0.25, -0.2) is 9.38 Å². The molecule has 0 fully saturated rings.